The van der Waals surface area contributed by atoms with Crippen LogP contribution in [0.4, 0.5) is 11.4 Å². The molecule has 4 nitrogen and oxygen atoms in total. The lowest BCUT2D eigenvalue weighted by atomic mass is 10.1. The zero-order valence-corrected chi connectivity index (χ0v) is 16.9. The summed E-state index contributed by atoms with van der Waals surface area (Å²) < 4.78 is 1.03. The van der Waals surface area contributed by atoms with Gasteiger partial charge in [0.1, 0.15) is 10.7 Å². The minimum Gasteiger partial charge on any atom is -0.350 e. The standard InChI is InChI=1S/C19H16ClIN2O2/c1-10-4-6-14(9-11(10)2)22-17-16(20)18(24)23(19(17)25)15-7-5-13(21)8-12(15)3/h4-9,22H,1-3H3. The monoisotopic (exact) mass is 466 g/mol. The van der Waals surface area contributed by atoms with Crippen LogP contribution < -0.4 is 10.2 Å². The number of amides is 2. The molecule has 0 aliphatic carbocycles. The number of imide groups is 1. The van der Waals surface area contributed by atoms with Crippen LogP contribution in [-0.2, 0) is 9.59 Å². The van der Waals surface area contributed by atoms with Crippen molar-refractivity contribution in [1.82, 2.24) is 0 Å². The van der Waals surface area contributed by atoms with E-state index in [0.29, 0.717) is 5.69 Å². The van der Waals surface area contributed by atoms with Gasteiger partial charge in [-0.3, -0.25) is 9.59 Å². The van der Waals surface area contributed by atoms with E-state index < -0.39 is 11.8 Å². The first kappa shape index (κ1) is 17.9. The third-order valence-electron chi connectivity index (χ3n) is 4.20. The third kappa shape index (κ3) is 3.30. The lowest BCUT2D eigenvalue weighted by Gasteiger charge is -2.17. The van der Waals surface area contributed by atoms with Crippen molar-refractivity contribution in [3.05, 3.63) is 67.4 Å². The van der Waals surface area contributed by atoms with Gasteiger partial charge in [-0.1, -0.05) is 17.7 Å². The van der Waals surface area contributed by atoms with Gasteiger partial charge in [0.2, 0.25) is 0 Å². The number of halogens is 2. The van der Waals surface area contributed by atoms with Crippen molar-refractivity contribution in [2.45, 2.75) is 20.8 Å². The normalized spacial score (nSPS) is 14.5. The van der Waals surface area contributed by atoms with Crippen LogP contribution in [0, 0.1) is 24.3 Å². The number of nitrogens with one attached hydrogen (secondary N) is 1. The summed E-state index contributed by atoms with van der Waals surface area (Å²) in [5.74, 6) is -0.958. The van der Waals surface area contributed by atoms with Gasteiger partial charge >= 0.3 is 0 Å². The molecule has 0 saturated heterocycles. The Morgan fingerprint density at radius 2 is 1.64 bits per heavy atom. The zero-order chi connectivity index (χ0) is 18.3. The molecule has 0 atom stereocenters. The van der Waals surface area contributed by atoms with E-state index in [9.17, 15) is 9.59 Å². The van der Waals surface area contributed by atoms with E-state index >= 15 is 0 Å². The molecule has 2 aromatic rings. The Labute approximate surface area is 165 Å². The van der Waals surface area contributed by atoms with Gasteiger partial charge in [0.15, 0.2) is 0 Å². The SMILES string of the molecule is Cc1ccc(NC2=C(Cl)C(=O)N(c3ccc(I)cc3C)C2=O)cc1C. The van der Waals surface area contributed by atoms with Crippen molar-refractivity contribution in [2.24, 2.45) is 0 Å². The number of nitrogens with zero attached hydrogens (tertiary/aromatic N) is 1. The second kappa shape index (κ2) is 6.80. The molecule has 3 rings (SSSR count). The van der Waals surface area contributed by atoms with Crippen molar-refractivity contribution in [2.75, 3.05) is 10.2 Å². The molecule has 128 valence electrons. The molecule has 0 unspecified atom stereocenters. The molecule has 0 aromatic heterocycles. The lowest BCUT2D eigenvalue weighted by Crippen LogP contribution is -2.32. The highest BCUT2D eigenvalue weighted by molar-refractivity contribution is 14.1. The Morgan fingerprint density at radius 1 is 0.920 bits per heavy atom. The van der Waals surface area contributed by atoms with Crippen LogP contribution in [0.25, 0.3) is 0 Å². The van der Waals surface area contributed by atoms with E-state index in [0.717, 1.165) is 30.8 Å². The average Bonchev–Trinajstić information content (AvgIpc) is 2.75. The Hall–Kier alpha value is -1.86. The Morgan fingerprint density at radius 3 is 2.28 bits per heavy atom. The van der Waals surface area contributed by atoms with Crippen LogP contribution in [0.15, 0.2) is 47.1 Å². The molecular weight excluding hydrogens is 451 g/mol. The Balaban J connectivity index is 1.95. The fourth-order valence-corrected chi connectivity index (χ4v) is 3.52. The van der Waals surface area contributed by atoms with Crippen LogP contribution in [0.2, 0.25) is 0 Å². The summed E-state index contributed by atoms with van der Waals surface area (Å²) in [6.45, 7) is 5.86. The summed E-state index contributed by atoms with van der Waals surface area (Å²) in [5, 5.41) is 2.91. The molecule has 1 aliphatic rings. The van der Waals surface area contributed by atoms with Crippen molar-refractivity contribution >= 4 is 57.4 Å². The Bertz CT molecular complexity index is 937. The van der Waals surface area contributed by atoms with Crippen LogP contribution >= 0.6 is 34.2 Å². The fourth-order valence-electron chi connectivity index (χ4n) is 2.66. The lowest BCUT2D eigenvalue weighted by molar-refractivity contribution is -0.120. The molecule has 0 fully saturated rings. The van der Waals surface area contributed by atoms with Crippen molar-refractivity contribution < 1.29 is 9.59 Å². The van der Waals surface area contributed by atoms with Gasteiger partial charge in [-0.25, -0.2) is 4.90 Å². The molecule has 0 bridgehead atoms. The molecule has 0 saturated carbocycles. The van der Waals surface area contributed by atoms with Crippen LogP contribution in [0.3, 0.4) is 0 Å². The topological polar surface area (TPSA) is 49.4 Å². The summed E-state index contributed by atoms with van der Waals surface area (Å²) in [6.07, 6.45) is 0. The minimum atomic E-state index is -0.512. The van der Waals surface area contributed by atoms with Gasteiger partial charge in [-0.2, -0.15) is 0 Å². The molecule has 0 spiro atoms. The molecule has 0 radical (unpaired) electrons. The summed E-state index contributed by atoms with van der Waals surface area (Å²) in [5.41, 5.74) is 4.45. The van der Waals surface area contributed by atoms with Gasteiger partial charge in [-0.05, 0) is 90.4 Å². The summed E-state index contributed by atoms with van der Waals surface area (Å²) >= 11 is 8.36. The largest absolute Gasteiger partial charge is 0.350 e. The second-order valence-electron chi connectivity index (χ2n) is 5.99. The summed E-state index contributed by atoms with van der Waals surface area (Å²) in [4.78, 5) is 26.5. The number of hydrogen-bond donors (Lipinski definition) is 1. The number of aryl methyl sites for hydroxylation is 3. The predicted molar refractivity (Wildman–Crippen MR) is 109 cm³/mol. The molecule has 6 heteroatoms. The van der Waals surface area contributed by atoms with E-state index in [1.54, 1.807) is 6.07 Å². The number of rotatable bonds is 3. The first-order valence-electron chi connectivity index (χ1n) is 7.68. The number of carbonyl (C=O) groups is 2. The van der Waals surface area contributed by atoms with Crippen LogP contribution in [0.1, 0.15) is 16.7 Å². The highest BCUT2D eigenvalue weighted by Crippen LogP contribution is 2.32. The molecular formula is C19H16ClIN2O2. The summed E-state index contributed by atoms with van der Waals surface area (Å²) in [6, 6.07) is 11.3. The molecule has 1 aliphatic heterocycles. The molecule has 25 heavy (non-hydrogen) atoms. The first-order valence-corrected chi connectivity index (χ1v) is 9.14. The van der Waals surface area contributed by atoms with E-state index in [-0.39, 0.29) is 10.7 Å². The minimum absolute atomic E-state index is 0.0961. The van der Waals surface area contributed by atoms with Crippen molar-refractivity contribution in [3.8, 4) is 0 Å². The fraction of sp³-hybridized carbons (Fsp3) is 0.158. The number of hydrogen-bond acceptors (Lipinski definition) is 3. The maximum Gasteiger partial charge on any atom is 0.283 e. The predicted octanol–water partition coefficient (Wildman–Crippen LogP) is 4.65. The Kier molecular flexibility index (Phi) is 4.88. The maximum atomic E-state index is 12.8. The van der Waals surface area contributed by atoms with Gasteiger partial charge in [0, 0.05) is 9.26 Å². The summed E-state index contributed by atoms with van der Waals surface area (Å²) in [7, 11) is 0. The highest BCUT2D eigenvalue weighted by atomic mass is 127. The quantitative estimate of drug-likeness (QED) is 0.529. The van der Waals surface area contributed by atoms with Gasteiger partial charge in [0.05, 0.1) is 5.69 Å². The number of anilines is 2. The molecule has 1 N–H and O–H groups in total. The zero-order valence-electron chi connectivity index (χ0n) is 14.0. The van der Waals surface area contributed by atoms with Crippen LogP contribution in [-0.4, -0.2) is 11.8 Å². The van der Waals surface area contributed by atoms with Crippen molar-refractivity contribution in [3.63, 3.8) is 0 Å². The third-order valence-corrected chi connectivity index (χ3v) is 5.22. The first-order chi connectivity index (χ1) is 11.8. The van der Waals surface area contributed by atoms with E-state index in [4.69, 9.17) is 11.6 Å². The van der Waals surface area contributed by atoms with Crippen LogP contribution in [0.5, 0.6) is 0 Å². The van der Waals surface area contributed by atoms with Crippen molar-refractivity contribution in [1.29, 1.82) is 0 Å². The molecule has 2 amide bonds. The van der Waals surface area contributed by atoms with Gasteiger partial charge < -0.3 is 5.32 Å². The molecule has 2 aromatic carbocycles. The number of benzene rings is 2. The average molecular weight is 467 g/mol. The van der Waals surface area contributed by atoms with E-state index in [2.05, 4.69) is 27.9 Å². The highest BCUT2D eigenvalue weighted by Gasteiger charge is 2.39. The van der Waals surface area contributed by atoms with Gasteiger partial charge in [0.25, 0.3) is 11.8 Å². The second-order valence-corrected chi connectivity index (χ2v) is 7.61. The smallest absolute Gasteiger partial charge is 0.283 e. The van der Waals surface area contributed by atoms with E-state index in [1.165, 1.54) is 0 Å². The number of carbonyl (C=O) groups excluding carboxylic acids is 2. The maximum absolute atomic E-state index is 12.8. The molecule has 1 heterocycles. The van der Waals surface area contributed by atoms with E-state index in [1.807, 2.05) is 51.1 Å². The van der Waals surface area contributed by atoms with Gasteiger partial charge in [-0.15, -0.1) is 0 Å².